The summed E-state index contributed by atoms with van der Waals surface area (Å²) in [6.07, 6.45) is -10.2. The number of ether oxygens (including phenoxy) is 2. The third-order valence-corrected chi connectivity index (χ3v) is 6.62. The molecular formula is C31H31F6N3O7. The van der Waals surface area contributed by atoms with Gasteiger partial charge in [-0.2, -0.15) is 26.3 Å². The van der Waals surface area contributed by atoms with E-state index in [2.05, 4.69) is 58.9 Å². The van der Waals surface area contributed by atoms with Crippen LogP contribution in [0.2, 0.25) is 0 Å². The van der Waals surface area contributed by atoms with Crippen molar-refractivity contribution in [3.05, 3.63) is 83.4 Å². The number of hydrogen-bond donors (Lipinski definition) is 4. The topological polar surface area (TPSA) is 137 Å². The Labute approximate surface area is 264 Å². The smallest absolute Gasteiger partial charge is 0.475 e. The Morgan fingerprint density at radius 2 is 1.40 bits per heavy atom. The number of hydrogen-bond acceptors (Lipinski definition) is 7. The normalized spacial score (nSPS) is 15.8. The Morgan fingerprint density at radius 3 is 1.98 bits per heavy atom. The minimum atomic E-state index is -5.08. The standard InChI is InChI=1S/C27H29N3O3.2C2HF3O2/c1-19-16-30(11-10-28-19)17-21-5-3-7-23(13-21)22-6-2-4-20(12-22)15-29-27(31)24-8-9-25-26(14-24)33-18-32-25;2*3-2(4,5)1(6)7/h2-9,12-14,19,28H,10-11,15-18H2,1H3,(H,29,31);2*(H,6,7)/t19-;;/m1../s1. The lowest BCUT2D eigenvalue weighted by molar-refractivity contribution is -0.193. The van der Waals surface area contributed by atoms with Crippen molar-refractivity contribution in [3.8, 4) is 22.6 Å². The molecule has 1 atom stereocenters. The zero-order valence-corrected chi connectivity index (χ0v) is 24.8. The van der Waals surface area contributed by atoms with E-state index < -0.39 is 24.3 Å². The Bertz CT molecular complexity index is 1520. The SMILES string of the molecule is C[C@@H]1CN(Cc2cccc(-c3cccc(CNC(=O)c4ccc5c(c4)OCO5)c3)c2)CCN1.O=C(O)C(F)(F)F.O=C(O)C(F)(F)F. The van der Waals surface area contributed by atoms with Gasteiger partial charge in [0.05, 0.1) is 0 Å². The zero-order valence-electron chi connectivity index (χ0n) is 24.8. The van der Waals surface area contributed by atoms with Crippen LogP contribution in [0, 0.1) is 0 Å². The molecule has 0 saturated carbocycles. The summed E-state index contributed by atoms with van der Waals surface area (Å²) in [6, 6.07) is 22.9. The maximum Gasteiger partial charge on any atom is 0.490 e. The van der Waals surface area contributed by atoms with E-state index >= 15 is 0 Å². The van der Waals surface area contributed by atoms with Crippen molar-refractivity contribution < 1.29 is 60.4 Å². The molecule has 10 nitrogen and oxygen atoms in total. The van der Waals surface area contributed by atoms with E-state index in [-0.39, 0.29) is 12.7 Å². The summed E-state index contributed by atoms with van der Waals surface area (Å²) in [6.45, 7) is 7.05. The van der Waals surface area contributed by atoms with E-state index in [1.165, 1.54) is 11.1 Å². The second-order valence-corrected chi connectivity index (χ2v) is 10.3. The Morgan fingerprint density at radius 1 is 0.851 bits per heavy atom. The number of amides is 1. The van der Waals surface area contributed by atoms with Crippen LogP contribution >= 0.6 is 0 Å². The summed E-state index contributed by atoms with van der Waals surface area (Å²) in [5, 5.41) is 20.8. The largest absolute Gasteiger partial charge is 0.490 e. The minimum absolute atomic E-state index is 0.133. The van der Waals surface area contributed by atoms with Gasteiger partial charge in [-0.1, -0.05) is 36.4 Å². The van der Waals surface area contributed by atoms with E-state index in [1.807, 2.05) is 12.1 Å². The van der Waals surface area contributed by atoms with Crippen LogP contribution in [-0.2, 0) is 22.7 Å². The number of piperazine rings is 1. The summed E-state index contributed by atoms with van der Waals surface area (Å²) in [5.74, 6) is -4.36. The van der Waals surface area contributed by atoms with Gasteiger partial charge in [-0.3, -0.25) is 9.69 Å². The lowest BCUT2D eigenvalue weighted by Crippen LogP contribution is -2.48. The summed E-state index contributed by atoms with van der Waals surface area (Å²) in [5.41, 5.74) is 5.29. The molecule has 47 heavy (non-hydrogen) atoms. The van der Waals surface area contributed by atoms with Crippen molar-refractivity contribution in [2.75, 3.05) is 26.4 Å². The van der Waals surface area contributed by atoms with Crippen molar-refractivity contribution in [1.82, 2.24) is 15.5 Å². The molecule has 3 aromatic carbocycles. The summed E-state index contributed by atoms with van der Waals surface area (Å²) >= 11 is 0. The van der Waals surface area contributed by atoms with Gasteiger partial charge in [0, 0.05) is 44.3 Å². The summed E-state index contributed by atoms with van der Waals surface area (Å²) < 4.78 is 74.2. The van der Waals surface area contributed by atoms with E-state index in [0.717, 1.165) is 37.3 Å². The number of carbonyl (C=O) groups excluding carboxylic acids is 1. The number of nitrogens with one attached hydrogen (secondary N) is 2. The average Bonchev–Trinajstić information content (AvgIpc) is 3.48. The number of benzene rings is 3. The molecule has 1 amide bonds. The number of fused-ring (bicyclic) bond motifs is 1. The molecule has 0 spiro atoms. The maximum absolute atomic E-state index is 12.6. The van der Waals surface area contributed by atoms with Crippen LogP contribution in [0.1, 0.15) is 28.4 Å². The molecule has 1 fully saturated rings. The highest BCUT2D eigenvalue weighted by molar-refractivity contribution is 5.94. The number of carboxylic acid groups (broad SMARTS) is 2. The van der Waals surface area contributed by atoms with Crippen LogP contribution in [0.25, 0.3) is 11.1 Å². The summed E-state index contributed by atoms with van der Waals surface area (Å²) in [7, 11) is 0. The third kappa shape index (κ3) is 11.8. The molecule has 0 aliphatic carbocycles. The van der Waals surface area contributed by atoms with Crippen molar-refractivity contribution in [2.24, 2.45) is 0 Å². The molecule has 4 N–H and O–H groups in total. The molecule has 16 heteroatoms. The van der Waals surface area contributed by atoms with Crippen molar-refractivity contribution in [1.29, 1.82) is 0 Å². The van der Waals surface area contributed by atoms with E-state index in [9.17, 15) is 31.1 Å². The predicted molar refractivity (Wildman–Crippen MR) is 156 cm³/mol. The molecule has 0 radical (unpaired) electrons. The fourth-order valence-corrected chi connectivity index (χ4v) is 4.45. The van der Waals surface area contributed by atoms with Gasteiger partial charge in [-0.05, 0) is 59.5 Å². The van der Waals surface area contributed by atoms with Crippen LogP contribution in [0.15, 0.2) is 66.7 Å². The molecule has 2 aliphatic heterocycles. The Kier molecular flexibility index (Phi) is 12.6. The number of halogens is 6. The number of carbonyl (C=O) groups is 3. The second-order valence-electron chi connectivity index (χ2n) is 10.3. The minimum Gasteiger partial charge on any atom is -0.475 e. The van der Waals surface area contributed by atoms with Crippen molar-refractivity contribution in [2.45, 2.75) is 38.4 Å². The highest BCUT2D eigenvalue weighted by Crippen LogP contribution is 2.32. The fraction of sp³-hybridized carbons (Fsp3) is 0.323. The molecule has 2 aliphatic rings. The van der Waals surface area contributed by atoms with Gasteiger partial charge in [0.1, 0.15) is 0 Å². The van der Waals surface area contributed by atoms with Crippen molar-refractivity contribution in [3.63, 3.8) is 0 Å². The first kappa shape index (κ1) is 36.6. The Hall–Kier alpha value is -4.83. The van der Waals surface area contributed by atoms with Crippen molar-refractivity contribution >= 4 is 17.8 Å². The number of rotatable bonds is 6. The van der Waals surface area contributed by atoms with E-state index in [1.54, 1.807) is 18.2 Å². The predicted octanol–water partition coefficient (Wildman–Crippen LogP) is 5.07. The van der Waals surface area contributed by atoms with Crippen LogP contribution in [0.4, 0.5) is 26.3 Å². The molecule has 1 saturated heterocycles. The van der Waals surface area contributed by atoms with Gasteiger partial charge in [-0.15, -0.1) is 0 Å². The second kappa shape index (κ2) is 16.1. The average molecular weight is 672 g/mol. The molecule has 2 heterocycles. The van der Waals surface area contributed by atoms with Gasteiger partial charge in [0.15, 0.2) is 11.5 Å². The highest BCUT2D eigenvalue weighted by atomic mass is 19.4. The number of aliphatic carboxylic acids is 2. The van der Waals surface area contributed by atoms with Gasteiger partial charge >= 0.3 is 24.3 Å². The molecule has 3 aromatic rings. The summed E-state index contributed by atoms with van der Waals surface area (Å²) in [4.78, 5) is 32.9. The van der Waals surface area contributed by atoms with Crippen LogP contribution in [0.3, 0.4) is 0 Å². The Balaban J connectivity index is 0.000000360. The first-order valence-electron chi connectivity index (χ1n) is 13.9. The molecule has 5 rings (SSSR count). The number of carboxylic acids is 2. The van der Waals surface area contributed by atoms with Gasteiger partial charge in [0.2, 0.25) is 6.79 Å². The quantitative estimate of drug-likeness (QED) is 0.265. The van der Waals surface area contributed by atoms with E-state index in [4.69, 9.17) is 29.3 Å². The zero-order chi connectivity index (χ0) is 34.8. The first-order chi connectivity index (χ1) is 22.0. The van der Waals surface area contributed by atoms with E-state index in [0.29, 0.717) is 29.6 Å². The molecule has 0 bridgehead atoms. The van der Waals surface area contributed by atoms with Gasteiger partial charge in [0.25, 0.3) is 5.91 Å². The molecule has 0 aromatic heterocycles. The monoisotopic (exact) mass is 671 g/mol. The molecule has 0 unspecified atom stereocenters. The third-order valence-electron chi connectivity index (χ3n) is 6.62. The van der Waals surface area contributed by atoms with Crippen LogP contribution in [-0.4, -0.2) is 77.8 Å². The van der Waals surface area contributed by atoms with Crippen LogP contribution in [0.5, 0.6) is 11.5 Å². The first-order valence-corrected chi connectivity index (χ1v) is 13.9. The maximum atomic E-state index is 12.6. The lowest BCUT2D eigenvalue weighted by Gasteiger charge is -2.31. The van der Waals surface area contributed by atoms with Gasteiger partial charge < -0.3 is 30.3 Å². The highest BCUT2D eigenvalue weighted by Gasteiger charge is 2.38. The van der Waals surface area contributed by atoms with Gasteiger partial charge in [-0.25, -0.2) is 9.59 Å². The fourth-order valence-electron chi connectivity index (χ4n) is 4.45. The molecular weight excluding hydrogens is 640 g/mol. The number of nitrogens with zero attached hydrogens (tertiary/aromatic N) is 1. The lowest BCUT2D eigenvalue weighted by atomic mass is 10.0. The molecule has 254 valence electrons. The number of alkyl halides is 6. The van der Waals surface area contributed by atoms with Crippen LogP contribution < -0.4 is 20.1 Å².